The number of carbonyl (C=O) groups is 5. The number of rotatable bonds is 6. The predicted octanol–water partition coefficient (Wildman–Crippen LogP) is 0.586. The van der Waals surface area contributed by atoms with Gasteiger partial charge in [0.2, 0.25) is 23.6 Å². The molecule has 1 saturated heterocycles. The molecule has 14 nitrogen and oxygen atoms in total. The number of aromatic nitrogens is 1. The number of hydrogen-bond acceptors (Lipinski definition) is 10. The average molecular weight is 730 g/mol. The molecule has 7 N–H and O–H groups in total. The van der Waals surface area contributed by atoms with Gasteiger partial charge in [0.15, 0.2) is 0 Å². The predicted molar refractivity (Wildman–Crippen MR) is 191 cm³/mol. The molecule has 0 radical (unpaired) electrons. The molecule has 2 aromatic rings. The first kappa shape index (κ1) is 38.8. The molecule has 1 aromatic carbocycles. The fourth-order valence-corrected chi connectivity index (χ4v) is 7.36. The molecule has 3 heterocycles. The fourth-order valence-electron chi connectivity index (χ4n) is 5.95. The van der Waals surface area contributed by atoms with Crippen molar-refractivity contribution in [3.05, 3.63) is 52.0 Å². The highest BCUT2D eigenvalue weighted by atomic mass is 32.1. The van der Waals surface area contributed by atoms with E-state index >= 15 is 0 Å². The van der Waals surface area contributed by atoms with Crippen LogP contribution in [0.3, 0.4) is 0 Å². The third-order valence-corrected chi connectivity index (χ3v) is 10.2. The van der Waals surface area contributed by atoms with E-state index in [1.165, 1.54) is 12.3 Å². The Balaban J connectivity index is 1.75. The van der Waals surface area contributed by atoms with Crippen molar-refractivity contribution in [1.29, 1.82) is 0 Å². The topological polar surface area (TPSA) is 202 Å². The Morgan fingerprint density at radius 3 is 2.10 bits per heavy atom. The molecule has 0 aliphatic carbocycles. The van der Waals surface area contributed by atoms with Crippen LogP contribution in [0.25, 0.3) is 0 Å². The number of benzene rings is 1. The van der Waals surface area contributed by atoms with Gasteiger partial charge in [0, 0.05) is 18.3 Å². The van der Waals surface area contributed by atoms with Crippen molar-refractivity contribution >= 4 is 58.1 Å². The van der Waals surface area contributed by atoms with Gasteiger partial charge in [0.1, 0.15) is 34.9 Å². The van der Waals surface area contributed by atoms with Crippen molar-refractivity contribution in [2.24, 2.45) is 11.8 Å². The molecule has 2 bridgehead atoms. The molecule has 1 fully saturated rings. The molecule has 5 amide bonds. The van der Waals surface area contributed by atoms with E-state index in [2.05, 4.69) is 31.6 Å². The van der Waals surface area contributed by atoms with Crippen LogP contribution >= 0.6 is 23.6 Å². The molecule has 50 heavy (non-hydrogen) atoms. The Morgan fingerprint density at radius 2 is 1.48 bits per heavy atom. The first-order chi connectivity index (χ1) is 23.7. The summed E-state index contributed by atoms with van der Waals surface area (Å²) in [6.45, 7) is 8.38. The highest BCUT2D eigenvalue weighted by Gasteiger charge is 2.40. The molecular formula is C34H47N7O7S2. The maximum Gasteiger partial charge on any atom is 0.271 e. The lowest BCUT2D eigenvalue weighted by atomic mass is 10.0. The number of aliphatic hydroxyl groups excluding tert-OH is 2. The van der Waals surface area contributed by atoms with Crippen molar-refractivity contribution in [1.82, 2.24) is 36.5 Å². The summed E-state index contributed by atoms with van der Waals surface area (Å²) >= 11 is 6.83. The SMILES string of the molecule is CC(C)[C@@H]1NC(=O)[C@H]([C@H](C)O)NC(=O)[C@@H](Cc2ccccc2)NC(=O)c2csc(n2)[C@H](C(C)C)NC(=O)[C@H](CO)NC(=S)[C@@H]2CCCN2C1=O. The molecule has 0 unspecified atom stereocenters. The summed E-state index contributed by atoms with van der Waals surface area (Å²) < 4.78 is 0. The van der Waals surface area contributed by atoms with Crippen LogP contribution in [0.1, 0.15) is 74.6 Å². The number of fused-ring (bicyclic) bond motifs is 3. The van der Waals surface area contributed by atoms with Crippen LogP contribution in [0.5, 0.6) is 0 Å². The van der Waals surface area contributed by atoms with Crippen LogP contribution in [-0.2, 0) is 25.6 Å². The second kappa shape index (κ2) is 17.3. The molecular weight excluding hydrogens is 683 g/mol. The van der Waals surface area contributed by atoms with Crippen molar-refractivity contribution in [2.45, 2.75) is 96.2 Å². The number of hydrogen-bond donors (Lipinski definition) is 7. The molecule has 16 heteroatoms. The zero-order chi connectivity index (χ0) is 36.7. The van der Waals surface area contributed by atoms with Crippen LogP contribution in [0, 0.1) is 11.8 Å². The first-order valence-electron chi connectivity index (χ1n) is 16.8. The number of thiazole rings is 1. The molecule has 2 aliphatic rings. The lowest BCUT2D eigenvalue weighted by molar-refractivity contribution is -0.139. The van der Waals surface area contributed by atoms with E-state index in [1.54, 1.807) is 43.0 Å². The van der Waals surface area contributed by atoms with Gasteiger partial charge in [0.25, 0.3) is 5.91 Å². The normalized spacial score (nSPS) is 26.7. The maximum absolute atomic E-state index is 14.0. The quantitative estimate of drug-likeness (QED) is 0.206. The van der Waals surface area contributed by atoms with Gasteiger partial charge in [-0.1, -0.05) is 70.2 Å². The second-order valence-electron chi connectivity index (χ2n) is 13.4. The van der Waals surface area contributed by atoms with Gasteiger partial charge in [-0.25, -0.2) is 4.98 Å². The number of thiocarbonyl (C=S) groups is 1. The molecule has 0 spiro atoms. The van der Waals surface area contributed by atoms with Gasteiger partial charge in [-0.05, 0) is 37.2 Å². The lowest BCUT2D eigenvalue weighted by Gasteiger charge is -2.33. The number of nitrogens with zero attached hydrogens (tertiary/aromatic N) is 2. The minimum Gasteiger partial charge on any atom is -0.394 e. The zero-order valence-corrected chi connectivity index (χ0v) is 30.5. The minimum absolute atomic E-state index is 0.0177. The molecule has 272 valence electrons. The minimum atomic E-state index is -1.46. The molecule has 1 aromatic heterocycles. The highest BCUT2D eigenvalue weighted by molar-refractivity contribution is 7.80. The number of nitrogens with one attached hydrogen (secondary N) is 5. The lowest BCUT2D eigenvalue weighted by Crippen LogP contribution is -2.62. The summed E-state index contributed by atoms with van der Waals surface area (Å²) in [6, 6.07) is 2.94. The van der Waals surface area contributed by atoms with Gasteiger partial charge >= 0.3 is 0 Å². The molecule has 2 aliphatic heterocycles. The molecule has 7 atom stereocenters. The molecule has 4 rings (SSSR count). The summed E-state index contributed by atoms with van der Waals surface area (Å²) in [5.41, 5.74) is 0.748. The standard InChI is InChI=1S/C34H47N7O7S2/c1-17(2)25-33-37-23(16-50-33)30(46)35-21(14-20-10-7-6-8-11-20)28(44)40-27(19(5)43)31(47)39-26(18(3)4)34(48)41-13-9-12-24(41)32(49)36-22(15-42)29(45)38-25/h6-8,10-11,16-19,21-22,24-27,42-43H,9,12-15H2,1-5H3,(H,35,46)(H,36,49)(H,38,45)(H,39,47)(H,40,44)/t19-,21+,22-,24-,25-,26-,27-/m0/s1. The van der Waals surface area contributed by atoms with E-state index in [1.807, 2.05) is 19.9 Å². The summed E-state index contributed by atoms with van der Waals surface area (Å²) in [4.78, 5) is 74.7. The van der Waals surface area contributed by atoms with E-state index in [9.17, 15) is 34.2 Å². The van der Waals surface area contributed by atoms with Gasteiger partial charge in [0.05, 0.1) is 29.8 Å². The first-order valence-corrected chi connectivity index (χ1v) is 18.1. The Bertz CT molecular complexity index is 1550. The van der Waals surface area contributed by atoms with Crippen molar-refractivity contribution in [3.63, 3.8) is 0 Å². The van der Waals surface area contributed by atoms with E-state index in [-0.39, 0.29) is 23.0 Å². The van der Waals surface area contributed by atoms with Crippen LogP contribution < -0.4 is 26.6 Å². The van der Waals surface area contributed by atoms with Crippen LogP contribution in [0.2, 0.25) is 0 Å². The number of carbonyl (C=O) groups excluding carboxylic acids is 5. The largest absolute Gasteiger partial charge is 0.394 e. The van der Waals surface area contributed by atoms with E-state index in [0.717, 1.165) is 16.9 Å². The van der Waals surface area contributed by atoms with E-state index < -0.39 is 84.4 Å². The van der Waals surface area contributed by atoms with Crippen LogP contribution in [-0.4, -0.2) is 104 Å². The third-order valence-electron chi connectivity index (χ3n) is 8.84. The van der Waals surface area contributed by atoms with E-state index in [4.69, 9.17) is 12.2 Å². The highest BCUT2D eigenvalue weighted by Crippen LogP contribution is 2.26. The van der Waals surface area contributed by atoms with Crippen molar-refractivity contribution in [2.75, 3.05) is 13.2 Å². The van der Waals surface area contributed by atoms with Crippen LogP contribution in [0.4, 0.5) is 0 Å². The van der Waals surface area contributed by atoms with Crippen molar-refractivity contribution < 1.29 is 34.2 Å². The van der Waals surface area contributed by atoms with Gasteiger partial charge in [-0.15, -0.1) is 11.3 Å². The Labute approximate surface area is 301 Å². The van der Waals surface area contributed by atoms with Gasteiger partial charge in [-0.2, -0.15) is 0 Å². The summed E-state index contributed by atoms with van der Waals surface area (Å²) in [5, 5.41) is 36.7. The maximum atomic E-state index is 14.0. The number of amides is 5. The van der Waals surface area contributed by atoms with Crippen molar-refractivity contribution in [3.8, 4) is 0 Å². The zero-order valence-electron chi connectivity index (χ0n) is 28.8. The van der Waals surface area contributed by atoms with E-state index in [0.29, 0.717) is 24.4 Å². The summed E-state index contributed by atoms with van der Waals surface area (Å²) in [7, 11) is 0. The second-order valence-corrected chi connectivity index (χ2v) is 14.7. The summed E-state index contributed by atoms with van der Waals surface area (Å²) in [6.07, 6.45) is -0.173. The fraction of sp³-hybridized carbons (Fsp3) is 0.559. The van der Waals surface area contributed by atoms with Gasteiger partial charge < -0.3 is 41.7 Å². The van der Waals surface area contributed by atoms with Gasteiger partial charge in [-0.3, -0.25) is 24.0 Å². The smallest absolute Gasteiger partial charge is 0.271 e. The Hall–Kier alpha value is -3.99. The Morgan fingerprint density at radius 1 is 0.860 bits per heavy atom. The third kappa shape index (κ3) is 9.41. The molecule has 0 saturated carbocycles. The number of aliphatic hydroxyl groups is 2. The monoisotopic (exact) mass is 729 g/mol. The van der Waals surface area contributed by atoms with Crippen LogP contribution in [0.15, 0.2) is 35.7 Å². The Kier molecular flexibility index (Phi) is 13.4. The summed E-state index contributed by atoms with van der Waals surface area (Å²) in [5.74, 6) is -3.69. The average Bonchev–Trinajstić information content (AvgIpc) is 3.77.